The van der Waals surface area contributed by atoms with Gasteiger partial charge in [0.15, 0.2) is 0 Å². The second kappa shape index (κ2) is 4.81. The summed E-state index contributed by atoms with van der Waals surface area (Å²) in [6.45, 7) is 3.90. The lowest BCUT2D eigenvalue weighted by Crippen LogP contribution is -2.48. The number of nitrogens with two attached hydrogens (primary N) is 1. The molecule has 1 aromatic carbocycles. The van der Waals surface area contributed by atoms with Crippen molar-refractivity contribution in [2.24, 2.45) is 5.84 Å². The van der Waals surface area contributed by atoms with Crippen LogP contribution in [-0.2, 0) is 5.41 Å². The van der Waals surface area contributed by atoms with Gasteiger partial charge in [-0.05, 0) is 18.4 Å². The van der Waals surface area contributed by atoms with Crippen LogP contribution in [0.25, 0.3) is 0 Å². The molecule has 0 amide bonds. The Kier molecular flexibility index (Phi) is 3.42. The van der Waals surface area contributed by atoms with E-state index in [1.807, 2.05) is 6.08 Å². The lowest BCUT2D eigenvalue weighted by atomic mass is 9.73. The topological polar surface area (TPSA) is 38.0 Å². The second-order valence-electron chi connectivity index (χ2n) is 4.61. The summed E-state index contributed by atoms with van der Waals surface area (Å²) in [7, 11) is 0. The molecule has 1 aromatic rings. The molecular formula is C14H20N2. The lowest BCUT2D eigenvalue weighted by Gasteiger charge is -2.36. The SMILES string of the molecule is C=CC(NN)C1(c2ccccc2)CCCC1. The summed E-state index contributed by atoms with van der Waals surface area (Å²) in [5.74, 6) is 5.66. The maximum atomic E-state index is 5.66. The van der Waals surface area contributed by atoms with Crippen LogP contribution in [0.1, 0.15) is 31.2 Å². The Morgan fingerprint density at radius 1 is 1.25 bits per heavy atom. The monoisotopic (exact) mass is 216 g/mol. The first-order valence-corrected chi connectivity index (χ1v) is 5.98. The molecule has 86 valence electrons. The van der Waals surface area contributed by atoms with E-state index in [9.17, 15) is 0 Å². The minimum atomic E-state index is 0.151. The molecule has 0 bridgehead atoms. The minimum Gasteiger partial charge on any atom is -0.271 e. The van der Waals surface area contributed by atoms with E-state index in [0.29, 0.717) is 0 Å². The zero-order valence-electron chi connectivity index (χ0n) is 9.65. The van der Waals surface area contributed by atoms with E-state index in [1.165, 1.54) is 31.2 Å². The van der Waals surface area contributed by atoms with Gasteiger partial charge >= 0.3 is 0 Å². The fraction of sp³-hybridized carbons (Fsp3) is 0.429. The van der Waals surface area contributed by atoms with E-state index < -0.39 is 0 Å². The Balaban J connectivity index is 2.39. The summed E-state index contributed by atoms with van der Waals surface area (Å²) in [4.78, 5) is 0. The molecule has 0 heterocycles. The molecule has 2 heteroatoms. The quantitative estimate of drug-likeness (QED) is 0.461. The molecule has 3 N–H and O–H groups in total. The molecule has 0 spiro atoms. The standard InChI is InChI=1S/C14H20N2/c1-2-13(16-15)14(10-6-7-11-14)12-8-4-3-5-9-12/h2-5,8-9,13,16H,1,6-7,10-11,15H2. The number of hydrogen-bond acceptors (Lipinski definition) is 2. The van der Waals surface area contributed by atoms with Gasteiger partial charge in [0.05, 0.1) is 0 Å². The molecule has 1 atom stereocenters. The van der Waals surface area contributed by atoms with Crippen LogP contribution in [-0.4, -0.2) is 6.04 Å². The highest BCUT2D eigenvalue weighted by Crippen LogP contribution is 2.43. The van der Waals surface area contributed by atoms with Crippen molar-refractivity contribution in [1.82, 2.24) is 5.43 Å². The summed E-state index contributed by atoms with van der Waals surface area (Å²) < 4.78 is 0. The number of hydrogen-bond donors (Lipinski definition) is 2. The maximum Gasteiger partial charge on any atom is 0.0484 e. The second-order valence-corrected chi connectivity index (χ2v) is 4.61. The molecule has 1 unspecified atom stereocenters. The van der Waals surface area contributed by atoms with Gasteiger partial charge in [-0.15, -0.1) is 6.58 Å². The third-order valence-corrected chi connectivity index (χ3v) is 3.86. The molecule has 1 saturated carbocycles. The van der Waals surface area contributed by atoms with E-state index in [-0.39, 0.29) is 11.5 Å². The van der Waals surface area contributed by atoms with Crippen LogP contribution < -0.4 is 11.3 Å². The molecule has 1 aliphatic rings. The molecule has 2 nitrogen and oxygen atoms in total. The van der Waals surface area contributed by atoms with E-state index in [0.717, 1.165) is 0 Å². The van der Waals surface area contributed by atoms with Crippen LogP contribution in [0.4, 0.5) is 0 Å². The van der Waals surface area contributed by atoms with Crippen LogP contribution in [0, 0.1) is 0 Å². The highest BCUT2D eigenvalue weighted by molar-refractivity contribution is 5.31. The zero-order valence-corrected chi connectivity index (χ0v) is 9.65. The summed E-state index contributed by atoms with van der Waals surface area (Å²) in [5.41, 5.74) is 4.45. The third kappa shape index (κ3) is 1.79. The van der Waals surface area contributed by atoms with Crippen molar-refractivity contribution >= 4 is 0 Å². The largest absolute Gasteiger partial charge is 0.271 e. The Labute approximate surface area is 97.5 Å². The van der Waals surface area contributed by atoms with Crippen LogP contribution in [0.2, 0.25) is 0 Å². The van der Waals surface area contributed by atoms with Crippen molar-refractivity contribution in [1.29, 1.82) is 0 Å². The van der Waals surface area contributed by atoms with Gasteiger partial charge in [0.2, 0.25) is 0 Å². The first-order chi connectivity index (χ1) is 7.83. The number of nitrogens with one attached hydrogen (secondary N) is 1. The summed E-state index contributed by atoms with van der Waals surface area (Å²) in [6.07, 6.45) is 6.88. The number of benzene rings is 1. The number of hydrazine groups is 1. The van der Waals surface area contributed by atoms with Crippen molar-refractivity contribution in [2.45, 2.75) is 37.1 Å². The zero-order chi connectivity index (χ0) is 11.4. The highest BCUT2D eigenvalue weighted by Gasteiger charge is 2.40. The van der Waals surface area contributed by atoms with E-state index in [1.54, 1.807) is 0 Å². The van der Waals surface area contributed by atoms with Crippen LogP contribution in [0.5, 0.6) is 0 Å². The summed E-state index contributed by atoms with van der Waals surface area (Å²) in [6, 6.07) is 10.8. The van der Waals surface area contributed by atoms with Crippen molar-refractivity contribution in [2.75, 3.05) is 0 Å². The van der Waals surface area contributed by atoms with Gasteiger partial charge in [0.1, 0.15) is 0 Å². The predicted molar refractivity (Wildman–Crippen MR) is 67.9 cm³/mol. The molecule has 2 rings (SSSR count). The normalized spacial score (nSPS) is 20.6. The van der Waals surface area contributed by atoms with E-state index in [4.69, 9.17) is 5.84 Å². The molecule has 0 saturated heterocycles. The van der Waals surface area contributed by atoms with Crippen molar-refractivity contribution < 1.29 is 0 Å². The molecule has 0 radical (unpaired) electrons. The van der Waals surface area contributed by atoms with Gasteiger partial charge in [-0.1, -0.05) is 49.2 Å². The molecule has 16 heavy (non-hydrogen) atoms. The van der Waals surface area contributed by atoms with E-state index in [2.05, 4.69) is 42.3 Å². The molecule has 1 aliphatic carbocycles. The van der Waals surface area contributed by atoms with Gasteiger partial charge in [0, 0.05) is 11.5 Å². The molecular weight excluding hydrogens is 196 g/mol. The van der Waals surface area contributed by atoms with Gasteiger partial charge in [-0.25, -0.2) is 0 Å². The van der Waals surface area contributed by atoms with E-state index >= 15 is 0 Å². The third-order valence-electron chi connectivity index (χ3n) is 3.86. The number of rotatable bonds is 4. The van der Waals surface area contributed by atoms with Gasteiger partial charge in [-0.2, -0.15) is 0 Å². The predicted octanol–water partition coefficient (Wildman–Crippen LogP) is 2.52. The molecule has 0 aromatic heterocycles. The fourth-order valence-corrected chi connectivity index (χ4v) is 3.01. The first-order valence-electron chi connectivity index (χ1n) is 5.98. The van der Waals surface area contributed by atoms with Gasteiger partial charge < -0.3 is 0 Å². The Morgan fingerprint density at radius 3 is 2.38 bits per heavy atom. The van der Waals surface area contributed by atoms with Crippen LogP contribution >= 0.6 is 0 Å². The van der Waals surface area contributed by atoms with Crippen molar-refractivity contribution in [3.63, 3.8) is 0 Å². The molecule has 1 fully saturated rings. The van der Waals surface area contributed by atoms with Crippen LogP contribution in [0.15, 0.2) is 43.0 Å². The lowest BCUT2D eigenvalue weighted by molar-refractivity contribution is 0.345. The highest BCUT2D eigenvalue weighted by atomic mass is 15.2. The summed E-state index contributed by atoms with van der Waals surface area (Å²) >= 11 is 0. The molecule has 0 aliphatic heterocycles. The minimum absolute atomic E-state index is 0.151. The maximum absolute atomic E-state index is 5.66. The first kappa shape index (κ1) is 11.4. The average molecular weight is 216 g/mol. The Bertz CT molecular complexity index is 339. The summed E-state index contributed by atoms with van der Waals surface area (Å²) in [5, 5.41) is 0. The average Bonchev–Trinajstić information content (AvgIpc) is 2.82. The van der Waals surface area contributed by atoms with Crippen LogP contribution in [0.3, 0.4) is 0 Å². The van der Waals surface area contributed by atoms with Gasteiger partial charge in [-0.3, -0.25) is 11.3 Å². The fourth-order valence-electron chi connectivity index (χ4n) is 3.01. The Morgan fingerprint density at radius 2 is 1.88 bits per heavy atom. The smallest absolute Gasteiger partial charge is 0.0484 e. The van der Waals surface area contributed by atoms with Gasteiger partial charge in [0.25, 0.3) is 0 Å². The van der Waals surface area contributed by atoms with Crippen molar-refractivity contribution in [3.8, 4) is 0 Å². The van der Waals surface area contributed by atoms with Crippen molar-refractivity contribution in [3.05, 3.63) is 48.6 Å². The Hall–Kier alpha value is -1.12.